The van der Waals surface area contributed by atoms with Gasteiger partial charge in [-0.1, -0.05) is 11.6 Å². The zero-order chi connectivity index (χ0) is 13.5. The lowest BCUT2D eigenvalue weighted by Gasteiger charge is -2.17. The molecule has 0 saturated carbocycles. The second-order valence-electron chi connectivity index (χ2n) is 5.37. The minimum atomic E-state index is -0.213. The Morgan fingerprint density at radius 2 is 2.30 bits per heavy atom. The van der Waals surface area contributed by atoms with Gasteiger partial charge in [0.2, 0.25) is 5.91 Å². The number of hydrogen-bond acceptors (Lipinski definition) is 2. The van der Waals surface area contributed by atoms with Gasteiger partial charge in [0.05, 0.1) is 6.54 Å². The van der Waals surface area contributed by atoms with Crippen molar-refractivity contribution in [2.75, 3.05) is 19.6 Å². The van der Waals surface area contributed by atoms with E-state index in [4.69, 9.17) is 6.57 Å². The number of nitrogens with zero attached hydrogens (tertiary/aromatic N) is 2. The van der Waals surface area contributed by atoms with Gasteiger partial charge in [-0.05, 0) is 45.1 Å². The summed E-state index contributed by atoms with van der Waals surface area (Å²) in [4.78, 5) is 17.2. The van der Waals surface area contributed by atoms with Gasteiger partial charge in [0.25, 0.3) is 0 Å². The summed E-state index contributed by atoms with van der Waals surface area (Å²) in [5.41, 5.74) is 1.53. The fourth-order valence-electron chi connectivity index (χ4n) is 2.85. The smallest absolute Gasteiger partial charge is 0.300 e. The van der Waals surface area contributed by atoms with Crippen molar-refractivity contribution in [1.29, 1.82) is 0 Å². The summed E-state index contributed by atoms with van der Waals surface area (Å²) in [7, 11) is 0. The molecule has 5 heteroatoms. The maximum Gasteiger partial charge on any atom is 0.300 e. The van der Waals surface area contributed by atoms with Crippen LogP contribution in [0.5, 0.6) is 0 Å². The second-order valence-corrected chi connectivity index (χ2v) is 5.37. The fourth-order valence-corrected chi connectivity index (χ4v) is 2.85. The lowest BCUT2D eigenvalue weighted by atomic mass is 9.97. The summed E-state index contributed by atoms with van der Waals surface area (Å²) in [6, 6.07) is 0. The average Bonchev–Trinajstić information content (AvgIpc) is 2.93. The quantitative estimate of drug-likeness (QED) is 0.481. The fraction of sp³-hybridized carbons (Fsp3) is 0.733. The van der Waals surface area contributed by atoms with Crippen molar-refractivity contribution in [2.45, 2.75) is 51.1 Å². The van der Waals surface area contributed by atoms with Crippen molar-refractivity contribution >= 4 is 18.3 Å². The number of allylic oxidation sites excluding steroid dienone is 1. The number of nitrogens with one attached hydrogen (secondary N) is 1. The van der Waals surface area contributed by atoms with Crippen molar-refractivity contribution in [3.63, 3.8) is 0 Å². The lowest BCUT2D eigenvalue weighted by Crippen LogP contribution is -2.40. The number of likely N-dealkylation sites (tertiary alicyclic amines) is 1. The van der Waals surface area contributed by atoms with Gasteiger partial charge < -0.3 is 5.32 Å². The molecule has 1 aliphatic carbocycles. The van der Waals surface area contributed by atoms with Crippen LogP contribution >= 0.6 is 12.4 Å². The van der Waals surface area contributed by atoms with E-state index in [1.54, 1.807) is 4.90 Å². The molecule has 0 bridgehead atoms. The monoisotopic (exact) mass is 297 g/mol. The first-order valence-corrected chi connectivity index (χ1v) is 7.36. The number of halogens is 1. The van der Waals surface area contributed by atoms with Gasteiger partial charge in [-0.15, -0.1) is 12.4 Å². The third-order valence-corrected chi connectivity index (χ3v) is 3.97. The molecule has 1 amide bonds. The summed E-state index contributed by atoms with van der Waals surface area (Å²) in [6.07, 6.45) is 10.1. The Hall–Kier alpha value is -1.05. The highest BCUT2D eigenvalue weighted by Gasteiger charge is 2.32. The molecule has 1 heterocycles. The van der Waals surface area contributed by atoms with Gasteiger partial charge in [-0.2, -0.15) is 0 Å². The largest absolute Gasteiger partial charge is 0.308 e. The highest BCUT2D eigenvalue weighted by atomic mass is 35.5. The Labute approximate surface area is 127 Å². The predicted octanol–water partition coefficient (Wildman–Crippen LogP) is 2.76. The number of carbonyl (C=O) groups excluding carboxylic acids is 1. The van der Waals surface area contributed by atoms with Crippen LogP contribution < -0.4 is 5.32 Å². The van der Waals surface area contributed by atoms with Gasteiger partial charge in [-0.25, -0.2) is 6.57 Å². The Balaban J connectivity index is 0.00000200. The molecule has 2 rings (SSSR count). The van der Waals surface area contributed by atoms with E-state index in [-0.39, 0.29) is 24.5 Å². The summed E-state index contributed by atoms with van der Waals surface area (Å²) >= 11 is 0. The summed E-state index contributed by atoms with van der Waals surface area (Å²) < 4.78 is 0. The number of rotatable bonds is 5. The standard InChI is InChI=1S/C15H23N3O.ClH/c1-16-14-8-5-11-18(14)15(19)12-17-10-9-13-6-3-2-4-7-13;/h6,14,17H,2-5,7-12H2;1H/t14-;/m0./s1. The Bertz CT molecular complexity index is 389. The highest BCUT2D eigenvalue weighted by molar-refractivity contribution is 5.85. The molecule has 20 heavy (non-hydrogen) atoms. The number of amides is 1. The molecule has 112 valence electrons. The molecule has 2 aliphatic rings. The van der Waals surface area contributed by atoms with E-state index in [0.717, 1.165) is 32.4 Å². The maximum atomic E-state index is 12.0. The van der Waals surface area contributed by atoms with Crippen LogP contribution in [-0.4, -0.2) is 36.6 Å². The summed E-state index contributed by atoms with van der Waals surface area (Å²) in [6.45, 7) is 9.07. The van der Waals surface area contributed by atoms with Crippen molar-refractivity contribution in [2.24, 2.45) is 0 Å². The molecule has 0 unspecified atom stereocenters. The van der Waals surface area contributed by atoms with Crippen LogP contribution in [-0.2, 0) is 4.79 Å². The first-order valence-electron chi connectivity index (χ1n) is 7.36. The van der Waals surface area contributed by atoms with E-state index in [9.17, 15) is 4.79 Å². The Kier molecular flexibility index (Phi) is 7.64. The van der Waals surface area contributed by atoms with Crippen molar-refractivity contribution in [3.05, 3.63) is 23.1 Å². The first kappa shape index (κ1) is 17.0. The molecular weight excluding hydrogens is 274 g/mol. The van der Waals surface area contributed by atoms with Gasteiger partial charge in [-0.3, -0.25) is 14.5 Å². The number of carbonyl (C=O) groups is 1. The van der Waals surface area contributed by atoms with E-state index in [0.29, 0.717) is 6.54 Å². The van der Waals surface area contributed by atoms with Gasteiger partial charge in [0.1, 0.15) is 0 Å². The van der Waals surface area contributed by atoms with Gasteiger partial charge in [0, 0.05) is 13.0 Å². The topological polar surface area (TPSA) is 36.7 Å². The van der Waals surface area contributed by atoms with Crippen LogP contribution in [0.15, 0.2) is 11.6 Å². The molecule has 0 aromatic rings. The van der Waals surface area contributed by atoms with E-state index >= 15 is 0 Å². The Morgan fingerprint density at radius 1 is 1.45 bits per heavy atom. The van der Waals surface area contributed by atoms with Crippen LogP contribution in [0.3, 0.4) is 0 Å². The second kappa shape index (κ2) is 8.99. The molecule has 1 saturated heterocycles. The molecule has 4 nitrogen and oxygen atoms in total. The lowest BCUT2D eigenvalue weighted by molar-refractivity contribution is -0.130. The zero-order valence-electron chi connectivity index (χ0n) is 11.9. The predicted molar refractivity (Wildman–Crippen MR) is 82.6 cm³/mol. The average molecular weight is 298 g/mol. The molecule has 0 spiro atoms. The third kappa shape index (κ3) is 4.81. The molecule has 0 aromatic heterocycles. The van der Waals surface area contributed by atoms with Crippen molar-refractivity contribution in [3.8, 4) is 0 Å². The maximum absolute atomic E-state index is 12.0. The van der Waals surface area contributed by atoms with Crippen LogP contribution in [0.4, 0.5) is 0 Å². The van der Waals surface area contributed by atoms with E-state index in [1.807, 2.05) is 0 Å². The summed E-state index contributed by atoms with van der Waals surface area (Å²) in [5, 5.41) is 3.22. The van der Waals surface area contributed by atoms with Crippen LogP contribution in [0.25, 0.3) is 4.85 Å². The van der Waals surface area contributed by atoms with Gasteiger partial charge in [0.15, 0.2) is 0 Å². The molecule has 1 atom stereocenters. The highest BCUT2D eigenvalue weighted by Crippen LogP contribution is 2.19. The summed E-state index contributed by atoms with van der Waals surface area (Å²) in [5.74, 6) is 0.0797. The van der Waals surface area contributed by atoms with Gasteiger partial charge >= 0.3 is 6.17 Å². The molecular formula is C15H24ClN3O. The van der Waals surface area contributed by atoms with Crippen LogP contribution in [0.2, 0.25) is 0 Å². The zero-order valence-corrected chi connectivity index (χ0v) is 12.8. The van der Waals surface area contributed by atoms with E-state index in [1.165, 1.54) is 31.3 Å². The van der Waals surface area contributed by atoms with Crippen molar-refractivity contribution < 1.29 is 4.79 Å². The van der Waals surface area contributed by atoms with E-state index in [2.05, 4.69) is 16.2 Å². The SMILES string of the molecule is Cl.[C-]#[N+][C@@H]1CCCN1C(=O)CNCCC1=CCCCC1. The molecule has 1 fully saturated rings. The number of hydrogen-bond donors (Lipinski definition) is 1. The minimum Gasteiger partial charge on any atom is -0.308 e. The first-order chi connectivity index (χ1) is 9.31. The Morgan fingerprint density at radius 3 is 3.00 bits per heavy atom. The normalized spacial score (nSPS) is 21.9. The van der Waals surface area contributed by atoms with E-state index < -0.39 is 0 Å². The van der Waals surface area contributed by atoms with Crippen LogP contribution in [0.1, 0.15) is 44.9 Å². The third-order valence-electron chi connectivity index (χ3n) is 3.97. The van der Waals surface area contributed by atoms with Crippen molar-refractivity contribution in [1.82, 2.24) is 10.2 Å². The molecule has 0 aromatic carbocycles. The molecule has 0 radical (unpaired) electrons. The molecule has 1 N–H and O–H groups in total. The van der Waals surface area contributed by atoms with Crippen LogP contribution in [0, 0.1) is 6.57 Å². The molecule has 1 aliphatic heterocycles. The minimum absolute atomic E-state index is 0.